The third-order valence-electron chi connectivity index (χ3n) is 3.28. The summed E-state index contributed by atoms with van der Waals surface area (Å²) in [7, 11) is 1.83. The summed E-state index contributed by atoms with van der Waals surface area (Å²) in [5.41, 5.74) is 8.70. The van der Waals surface area contributed by atoms with Gasteiger partial charge in [0, 0.05) is 25.7 Å². The molecule has 0 aromatic heterocycles. The number of hydrogen-bond acceptors (Lipinski definition) is 3. The monoisotopic (exact) mass is 263 g/mol. The van der Waals surface area contributed by atoms with Crippen LogP contribution in [0.25, 0.3) is 0 Å². The van der Waals surface area contributed by atoms with Gasteiger partial charge in [-0.25, -0.2) is 0 Å². The van der Waals surface area contributed by atoms with E-state index in [1.807, 2.05) is 32.2 Å². The summed E-state index contributed by atoms with van der Waals surface area (Å²) in [6, 6.07) is 5.86. The lowest BCUT2D eigenvalue weighted by atomic mass is 10.1. The van der Waals surface area contributed by atoms with E-state index in [0.717, 1.165) is 29.9 Å². The summed E-state index contributed by atoms with van der Waals surface area (Å²) in [6.45, 7) is 3.93. The highest BCUT2D eigenvalue weighted by Crippen LogP contribution is 2.26. The van der Waals surface area contributed by atoms with Gasteiger partial charge in [0.1, 0.15) is 4.99 Å². The second kappa shape index (κ2) is 4.94. The molecule has 1 amide bonds. The molecule has 0 bridgehead atoms. The lowest BCUT2D eigenvalue weighted by molar-refractivity contribution is -0.129. The number of rotatable bonds is 2. The first kappa shape index (κ1) is 12.8. The highest BCUT2D eigenvalue weighted by atomic mass is 32.1. The van der Waals surface area contributed by atoms with Gasteiger partial charge in [-0.15, -0.1) is 0 Å². The first-order valence-corrected chi connectivity index (χ1v) is 6.30. The SMILES string of the molecule is Cc1cccc(C(N)=S)c1N1CCN(C)C(=O)C1. The molecule has 0 radical (unpaired) electrons. The number of anilines is 1. The highest BCUT2D eigenvalue weighted by Gasteiger charge is 2.24. The van der Waals surface area contributed by atoms with Crippen molar-refractivity contribution < 1.29 is 4.79 Å². The van der Waals surface area contributed by atoms with Crippen LogP contribution in [0.5, 0.6) is 0 Å². The molecule has 0 saturated carbocycles. The van der Waals surface area contributed by atoms with Crippen LogP contribution in [-0.2, 0) is 4.79 Å². The number of thiocarbonyl (C=S) groups is 1. The molecule has 0 spiro atoms. The predicted molar refractivity (Wildman–Crippen MR) is 76.9 cm³/mol. The number of nitrogens with zero attached hydrogens (tertiary/aromatic N) is 2. The smallest absolute Gasteiger partial charge is 0.241 e. The van der Waals surface area contributed by atoms with Crippen molar-refractivity contribution in [2.75, 3.05) is 31.6 Å². The fraction of sp³-hybridized carbons (Fsp3) is 0.385. The number of amides is 1. The molecule has 1 aromatic rings. The summed E-state index contributed by atoms with van der Waals surface area (Å²) < 4.78 is 0. The minimum Gasteiger partial charge on any atom is -0.389 e. The second-order valence-corrected chi connectivity index (χ2v) is 5.01. The maximum atomic E-state index is 11.8. The highest BCUT2D eigenvalue weighted by molar-refractivity contribution is 7.80. The van der Waals surface area contributed by atoms with Crippen molar-refractivity contribution >= 4 is 28.8 Å². The van der Waals surface area contributed by atoms with Crippen LogP contribution in [0.1, 0.15) is 11.1 Å². The number of hydrogen-bond donors (Lipinski definition) is 1. The van der Waals surface area contributed by atoms with Crippen LogP contribution in [0.4, 0.5) is 5.69 Å². The zero-order valence-corrected chi connectivity index (χ0v) is 11.5. The average molecular weight is 263 g/mol. The molecule has 1 aliphatic heterocycles. The van der Waals surface area contributed by atoms with E-state index in [1.165, 1.54) is 0 Å². The van der Waals surface area contributed by atoms with E-state index in [1.54, 1.807) is 4.90 Å². The van der Waals surface area contributed by atoms with Crippen molar-refractivity contribution in [2.24, 2.45) is 5.73 Å². The summed E-state index contributed by atoms with van der Waals surface area (Å²) in [4.78, 5) is 16.0. The van der Waals surface area contributed by atoms with Crippen LogP contribution in [0, 0.1) is 6.92 Å². The van der Waals surface area contributed by atoms with Gasteiger partial charge in [0.2, 0.25) is 5.91 Å². The summed E-state index contributed by atoms with van der Waals surface area (Å²) in [6.07, 6.45) is 0. The van der Waals surface area contributed by atoms with Gasteiger partial charge in [-0.2, -0.15) is 0 Å². The molecule has 18 heavy (non-hydrogen) atoms. The van der Waals surface area contributed by atoms with Gasteiger partial charge in [-0.3, -0.25) is 4.79 Å². The fourth-order valence-corrected chi connectivity index (χ4v) is 2.39. The van der Waals surface area contributed by atoms with Crippen molar-refractivity contribution in [1.82, 2.24) is 4.90 Å². The van der Waals surface area contributed by atoms with Crippen LogP contribution in [-0.4, -0.2) is 42.5 Å². The van der Waals surface area contributed by atoms with Crippen LogP contribution < -0.4 is 10.6 Å². The number of likely N-dealkylation sites (N-methyl/N-ethyl adjacent to an activating group) is 1. The van der Waals surface area contributed by atoms with E-state index in [2.05, 4.69) is 4.90 Å². The maximum Gasteiger partial charge on any atom is 0.241 e. The molecule has 2 rings (SSSR count). The molecule has 0 unspecified atom stereocenters. The Bertz CT molecular complexity index is 501. The Kier molecular flexibility index (Phi) is 3.52. The Morgan fingerprint density at radius 1 is 1.39 bits per heavy atom. The molecule has 1 aliphatic rings. The largest absolute Gasteiger partial charge is 0.389 e. The number of benzene rings is 1. The lowest BCUT2D eigenvalue weighted by Crippen LogP contribution is -2.49. The molecule has 1 saturated heterocycles. The molecule has 4 nitrogen and oxygen atoms in total. The van der Waals surface area contributed by atoms with Crippen molar-refractivity contribution in [1.29, 1.82) is 0 Å². The van der Waals surface area contributed by atoms with Crippen LogP contribution in [0.2, 0.25) is 0 Å². The quantitative estimate of drug-likeness (QED) is 0.806. The number of piperazine rings is 1. The molecule has 96 valence electrons. The summed E-state index contributed by atoms with van der Waals surface area (Å²) in [5, 5.41) is 0. The number of nitrogens with two attached hydrogens (primary N) is 1. The minimum absolute atomic E-state index is 0.124. The standard InChI is InChI=1S/C13H17N3OS/c1-9-4-3-5-10(13(14)18)12(9)16-7-6-15(2)11(17)8-16/h3-5H,6-8H2,1-2H3,(H2,14,18). The van der Waals surface area contributed by atoms with E-state index in [9.17, 15) is 4.79 Å². The minimum atomic E-state index is 0.124. The number of para-hydroxylation sites is 1. The van der Waals surface area contributed by atoms with Gasteiger partial charge in [-0.05, 0) is 18.6 Å². The molecular formula is C13H17N3OS. The zero-order chi connectivity index (χ0) is 13.3. The first-order valence-electron chi connectivity index (χ1n) is 5.89. The van der Waals surface area contributed by atoms with Crippen molar-refractivity contribution in [3.8, 4) is 0 Å². The number of aryl methyl sites for hydroxylation is 1. The molecule has 2 N–H and O–H groups in total. The van der Waals surface area contributed by atoms with Gasteiger partial charge in [0.05, 0.1) is 12.2 Å². The Hall–Kier alpha value is -1.62. The first-order chi connectivity index (χ1) is 8.50. The van der Waals surface area contributed by atoms with Crippen molar-refractivity contribution in [3.63, 3.8) is 0 Å². The summed E-state index contributed by atoms with van der Waals surface area (Å²) >= 11 is 5.09. The Balaban J connectivity index is 2.39. The van der Waals surface area contributed by atoms with E-state index in [0.29, 0.717) is 11.5 Å². The maximum absolute atomic E-state index is 11.8. The molecule has 1 aromatic carbocycles. The third-order valence-corrected chi connectivity index (χ3v) is 3.50. The molecule has 1 fully saturated rings. The zero-order valence-electron chi connectivity index (χ0n) is 10.6. The molecule has 1 heterocycles. The fourth-order valence-electron chi connectivity index (χ4n) is 2.23. The van der Waals surface area contributed by atoms with E-state index < -0.39 is 0 Å². The summed E-state index contributed by atoms with van der Waals surface area (Å²) in [5.74, 6) is 0.124. The lowest BCUT2D eigenvalue weighted by Gasteiger charge is -2.35. The molecule has 0 aliphatic carbocycles. The van der Waals surface area contributed by atoms with Gasteiger partial charge in [-0.1, -0.05) is 24.4 Å². The van der Waals surface area contributed by atoms with Crippen LogP contribution in [0.15, 0.2) is 18.2 Å². The Morgan fingerprint density at radius 3 is 2.72 bits per heavy atom. The third kappa shape index (κ3) is 2.31. The number of carbonyl (C=O) groups excluding carboxylic acids is 1. The number of carbonyl (C=O) groups is 1. The van der Waals surface area contributed by atoms with E-state index in [-0.39, 0.29) is 5.91 Å². The van der Waals surface area contributed by atoms with Gasteiger partial charge < -0.3 is 15.5 Å². The normalized spacial score (nSPS) is 16.0. The topological polar surface area (TPSA) is 49.6 Å². The van der Waals surface area contributed by atoms with Crippen molar-refractivity contribution in [3.05, 3.63) is 29.3 Å². The van der Waals surface area contributed by atoms with Gasteiger partial charge >= 0.3 is 0 Å². The molecular weight excluding hydrogens is 246 g/mol. The average Bonchev–Trinajstić information content (AvgIpc) is 2.32. The van der Waals surface area contributed by atoms with Crippen molar-refractivity contribution in [2.45, 2.75) is 6.92 Å². The molecule has 0 atom stereocenters. The Labute approximate surface area is 112 Å². The Morgan fingerprint density at radius 2 is 2.11 bits per heavy atom. The van der Waals surface area contributed by atoms with Crippen LogP contribution >= 0.6 is 12.2 Å². The predicted octanol–water partition coefficient (Wildman–Crippen LogP) is 0.908. The molecule has 5 heteroatoms. The van der Waals surface area contributed by atoms with Gasteiger partial charge in [0.25, 0.3) is 0 Å². The van der Waals surface area contributed by atoms with E-state index >= 15 is 0 Å². The van der Waals surface area contributed by atoms with Crippen LogP contribution in [0.3, 0.4) is 0 Å². The second-order valence-electron chi connectivity index (χ2n) is 4.57. The van der Waals surface area contributed by atoms with E-state index in [4.69, 9.17) is 18.0 Å². The van der Waals surface area contributed by atoms with Gasteiger partial charge in [0.15, 0.2) is 0 Å².